The molecule has 0 amide bonds. The molecule has 0 aliphatic rings. The van der Waals surface area contributed by atoms with Gasteiger partial charge in [-0.2, -0.15) is 0 Å². The Balaban J connectivity index is 4.81. The average molecular weight is 195 g/mol. The van der Waals surface area contributed by atoms with Gasteiger partial charge in [0.2, 0.25) is 0 Å². The second-order valence-electron chi connectivity index (χ2n) is 4.59. The molecule has 0 spiro atoms. The number of allylic oxidation sites excluding steroid dienone is 3. The number of hydrogen-bond acceptors (Lipinski definition) is 1. The summed E-state index contributed by atoms with van der Waals surface area (Å²) >= 11 is 0. The third-order valence-corrected chi connectivity index (χ3v) is 2.48. The first kappa shape index (κ1) is 13.4. The smallest absolute Gasteiger partial charge is 0.0134 e. The molecule has 1 nitrogen and oxygen atoms in total. The molecule has 0 aromatic rings. The van der Waals surface area contributed by atoms with Crippen molar-refractivity contribution in [1.29, 1.82) is 0 Å². The molecule has 0 bridgehead atoms. The van der Waals surface area contributed by atoms with Gasteiger partial charge in [0.05, 0.1) is 0 Å². The molecular formula is C13H25N. The first-order valence-corrected chi connectivity index (χ1v) is 5.44. The molecule has 0 unspecified atom stereocenters. The molecule has 0 saturated heterocycles. The van der Waals surface area contributed by atoms with Gasteiger partial charge in [-0.05, 0) is 19.9 Å². The van der Waals surface area contributed by atoms with E-state index in [0.717, 1.165) is 6.54 Å². The van der Waals surface area contributed by atoms with E-state index in [4.69, 9.17) is 0 Å². The van der Waals surface area contributed by atoms with Crippen molar-refractivity contribution in [2.75, 3.05) is 13.6 Å². The van der Waals surface area contributed by atoms with E-state index in [0.29, 0.717) is 5.92 Å². The van der Waals surface area contributed by atoms with E-state index in [-0.39, 0.29) is 5.41 Å². The molecule has 0 rings (SSSR count). The lowest BCUT2D eigenvalue weighted by Crippen LogP contribution is -2.18. The molecule has 0 saturated carbocycles. The van der Waals surface area contributed by atoms with Crippen LogP contribution in [0.3, 0.4) is 0 Å². The third kappa shape index (κ3) is 4.10. The van der Waals surface area contributed by atoms with Gasteiger partial charge < -0.3 is 5.32 Å². The number of rotatable bonds is 5. The maximum Gasteiger partial charge on any atom is 0.0134 e. The predicted octanol–water partition coefficient (Wildman–Crippen LogP) is 3.39. The Morgan fingerprint density at radius 2 is 1.93 bits per heavy atom. The van der Waals surface area contributed by atoms with Crippen molar-refractivity contribution in [3.8, 4) is 0 Å². The van der Waals surface area contributed by atoms with Gasteiger partial charge in [-0.15, -0.1) is 0 Å². The minimum absolute atomic E-state index is 0.180. The monoisotopic (exact) mass is 195 g/mol. The van der Waals surface area contributed by atoms with Gasteiger partial charge in [0.1, 0.15) is 0 Å². The Bertz CT molecular complexity index is 209. The van der Waals surface area contributed by atoms with Crippen molar-refractivity contribution in [1.82, 2.24) is 5.32 Å². The first-order chi connectivity index (χ1) is 6.45. The minimum Gasteiger partial charge on any atom is -0.316 e. The highest BCUT2D eigenvalue weighted by molar-refractivity contribution is 5.21. The zero-order valence-electron chi connectivity index (χ0n) is 10.5. The fraction of sp³-hybridized carbons (Fsp3) is 0.692. The van der Waals surface area contributed by atoms with Crippen LogP contribution in [0.1, 0.15) is 34.6 Å². The van der Waals surface area contributed by atoms with Gasteiger partial charge in [-0.3, -0.25) is 0 Å². The molecule has 1 N–H and O–H groups in total. The summed E-state index contributed by atoms with van der Waals surface area (Å²) in [4.78, 5) is 0. The van der Waals surface area contributed by atoms with E-state index in [9.17, 15) is 0 Å². The maximum atomic E-state index is 3.17. The van der Waals surface area contributed by atoms with Crippen LogP contribution < -0.4 is 5.32 Å². The van der Waals surface area contributed by atoms with Crippen molar-refractivity contribution in [2.45, 2.75) is 34.6 Å². The van der Waals surface area contributed by atoms with Crippen LogP contribution in [0.5, 0.6) is 0 Å². The van der Waals surface area contributed by atoms with Gasteiger partial charge in [0, 0.05) is 12.0 Å². The summed E-state index contributed by atoms with van der Waals surface area (Å²) in [5.41, 5.74) is 1.68. The Kier molecular flexibility index (Phi) is 5.78. The topological polar surface area (TPSA) is 12.0 Å². The van der Waals surface area contributed by atoms with E-state index >= 15 is 0 Å². The van der Waals surface area contributed by atoms with Gasteiger partial charge in [-0.1, -0.05) is 51.5 Å². The molecule has 82 valence electrons. The summed E-state index contributed by atoms with van der Waals surface area (Å²) in [6.07, 6.45) is 6.72. The van der Waals surface area contributed by atoms with Gasteiger partial charge in [0.15, 0.2) is 0 Å². The molecule has 0 aliphatic carbocycles. The summed E-state index contributed by atoms with van der Waals surface area (Å²) in [5, 5.41) is 3.17. The standard InChI is InChI=1S/C13H25N/c1-7-9-13(4,5)12(11(2)3)8-10-14-6/h7-9,11,14H,10H2,1-6H3/b9-7-,12-8+. The Hall–Kier alpha value is -0.560. The molecular weight excluding hydrogens is 170 g/mol. The SMILES string of the molecule is C/C=C\C(C)(C)/C(=C/CNC)C(C)C. The summed E-state index contributed by atoms with van der Waals surface area (Å²) in [5.74, 6) is 0.606. The van der Waals surface area contributed by atoms with E-state index < -0.39 is 0 Å². The van der Waals surface area contributed by atoms with Crippen LogP contribution in [0, 0.1) is 11.3 Å². The zero-order chi connectivity index (χ0) is 11.2. The van der Waals surface area contributed by atoms with Crippen molar-refractivity contribution in [3.63, 3.8) is 0 Å². The summed E-state index contributed by atoms with van der Waals surface area (Å²) in [7, 11) is 1.98. The average Bonchev–Trinajstić information content (AvgIpc) is 2.03. The molecule has 0 aromatic heterocycles. The third-order valence-electron chi connectivity index (χ3n) is 2.48. The Labute approximate surface area is 89.3 Å². The highest BCUT2D eigenvalue weighted by Gasteiger charge is 2.21. The predicted molar refractivity (Wildman–Crippen MR) is 65.4 cm³/mol. The molecule has 0 aromatic carbocycles. The van der Waals surface area contributed by atoms with Gasteiger partial charge >= 0.3 is 0 Å². The van der Waals surface area contributed by atoms with E-state index in [2.05, 4.69) is 58.2 Å². The van der Waals surface area contributed by atoms with Crippen LogP contribution in [0.4, 0.5) is 0 Å². The van der Waals surface area contributed by atoms with E-state index in [1.807, 2.05) is 7.05 Å². The largest absolute Gasteiger partial charge is 0.316 e. The van der Waals surface area contributed by atoms with Crippen LogP contribution in [0.2, 0.25) is 0 Å². The van der Waals surface area contributed by atoms with Crippen LogP contribution in [-0.4, -0.2) is 13.6 Å². The molecule has 1 heteroatoms. The fourth-order valence-corrected chi connectivity index (χ4v) is 1.97. The first-order valence-electron chi connectivity index (χ1n) is 5.44. The molecule has 0 heterocycles. The number of likely N-dealkylation sites (N-methyl/N-ethyl adjacent to an activating group) is 1. The highest BCUT2D eigenvalue weighted by Crippen LogP contribution is 2.33. The lowest BCUT2D eigenvalue weighted by Gasteiger charge is -2.28. The summed E-state index contributed by atoms with van der Waals surface area (Å²) in [6.45, 7) is 12.1. The summed E-state index contributed by atoms with van der Waals surface area (Å²) in [6, 6.07) is 0. The lowest BCUT2D eigenvalue weighted by atomic mass is 9.78. The number of hydrogen-bond donors (Lipinski definition) is 1. The molecule has 14 heavy (non-hydrogen) atoms. The Morgan fingerprint density at radius 3 is 2.29 bits per heavy atom. The fourth-order valence-electron chi connectivity index (χ4n) is 1.97. The minimum atomic E-state index is 0.180. The maximum absolute atomic E-state index is 3.17. The van der Waals surface area contributed by atoms with Crippen LogP contribution in [0.15, 0.2) is 23.8 Å². The van der Waals surface area contributed by atoms with Gasteiger partial charge in [-0.25, -0.2) is 0 Å². The second kappa shape index (κ2) is 6.02. The van der Waals surface area contributed by atoms with Crippen LogP contribution in [0.25, 0.3) is 0 Å². The zero-order valence-corrected chi connectivity index (χ0v) is 10.5. The van der Waals surface area contributed by atoms with E-state index in [1.54, 1.807) is 0 Å². The molecule has 0 aliphatic heterocycles. The quantitative estimate of drug-likeness (QED) is 0.663. The van der Waals surface area contributed by atoms with Crippen LogP contribution >= 0.6 is 0 Å². The van der Waals surface area contributed by atoms with Gasteiger partial charge in [0.25, 0.3) is 0 Å². The van der Waals surface area contributed by atoms with Crippen molar-refractivity contribution in [2.24, 2.45) is 11.3 Å². The molecule has 0 atom stereocenters. The van der Waals surface area contributed by atoms with E-state index in [1.165, 1.54) is 5.57 Å². The Morgan fingerprint density at radius 1 is 1.36 bits per heavy atom. The molecule has 0 fully saturated rings. The molecule has 0 radical (unpaired) electrons. The van der Waals surface area contributed by atoms with Crippen molar-refractivity contribution < 1.29 is 0 Å². The number of nitrogens with one attached hydrogen (secondary N) is 1. The van der Waals surface area contributed by atoms with Crippen LogP contribution in [-0.2, 0) is 0 Å². The normalized spacial score (nSPS) is 14.4. The van der Waals surface area contributed by atoms with Crippen molar-refractivity contribution >= 4 is 0 Å². The lowest BCUT2D eigenvalue weighted by molar-refractivity contribution is 0.501. The van der Waals surface area contributed by atoms with Crippen molar-refractivity contribution in [3.05, 3.63) is 23.8 Å². The second-order valence-corrected chi connectivity index (χ2v) is 4.59. The highest BCUT2D eigenvalue weighted by atomic mass is 14.8. The summed E-state index contributed by atoms with van der Waals surface area (Å²) < 4.78 is 0.